The Hall–Kier alpha value is -1.95. The maximum Gasteiger partial charge on any atom is 0.305 e. The molecule has 2 N–H and O–H groups in total. The molecule has 0 aliphatic carbocycles. The zero-order valence-corrected chi connectivity index (χ0v) is 11.4. The van der Waals surface area contributed by atoms with E-state index in [0.29, 0.717) is 26.0 Å². The molecular formula is C14H19FN2O3. The third-order valence-electron chi connectivity index (χ3n) is 2.47. The first-order valence-electron chi connectivity index (χ1n) is 6.54. The van der Waals surface area contributed by atoms with Crippen LogP contribution >= 0.6 is 0 Å². The van der Waals surface area contributed by atoms with Gasteiger partial charge >= 0.3 is 5.97 Å². The Morgan fingerprint density at radius 3 is 2.75 bits per heavy atom. The van der Waals surface area contributed by atoms with Gasteiger partial charge in [0.1, 0.15) is 5.82 Å². The number of halogens is 1. The second-order valence-corrected chi connectivity index (χ2v) is 4.11. The molecule has 1 aromatic carbocycles. The van der Waals surface area contributed by atoms with Crippen molar-refractivity contribution in [2.75, 3.05) is 25.0 Å². The molecule has 0 atom stereocenters. The molecule has 0 spiro atoms. The number of para-hydroxylation sites is 1. The molecule has 110 valence electrons. The molecule has 0 aromatic heterocycles. The summed E-state index contributed by atoms with van der Waals surface area (Å²) in [4.78, 5) is 22.6. The van der Waals surface area contributed by atoms with Gasteiger partial charge in [-0.15, -0.1) is 0 Å². The molecule has 1 aromatic rings. The average molecular weight is 282 g/mol. The Morgan fingerprint density at radius 1 is 1.30 bits per heavy atom. The van der Waals surface area contributed by atoms with Crippen LogP contribution in [-0.2, 0) is 14.3 Å². The highest BCUT2D eigenvalue weighted by molar-refractivity contribution is 5.92. The number of ether oxygens (including phenoxy) is 1. The average Bonchev–Trinajstić information content (AvgIpc) is 2.41. The fourth-order valence-corrected chi connectivity index (χ4v) is 1.55. The van der Waals surface area contributed by atoms with E-state index in [2.05, 4.69) is 10.6 Å². The van der Waals surface area contributed by atoms with Crippen LogP contribution in [0.4, 0.5) is 10.1 Å². The molecule has 6 heteroatoms. The minimum Gasteiger partial charge on any atom is -0.466 e. The van der Waals surface area contributed by atoms with Crippen LogP contribution in [0.3, 0.4) is 0 Å². The van der Waals surface area contributed by atoms with Crippen molar-refractivity contribution in [2.24, 2.45) is 0 Å². The molecule has 0 radical (unpaired) electrons. The summed E-state index contributed by atoms with van der Waals surface area (Å²) in [7, 11) is 0. The zero-order valence-electron chi connectivity index (χ0n) is 11.4. The quantitative estimate of drug-likeness (QED) is 0.562. The third kappa shape index (κ3) is 6.29. The lowest BCUT2D eigenvalue weighted by molar-refractivity contribution is -0.143. The number of anilines is 1. The standard InChI is InChI=1S/C14H19FN2O3/c1-2-20-14(19)8-5-9-16-10-13(18)17-12-7-4-3-6-11(12)15/h3-4,6-7,16H,2,5,8-10H2,1H3,(H,17,18). The summed E-state index contributed by atoms with van der Waals surface area (Å²) in [6.07, 6.45) is 0.904. The molecule has 0 aliphatic rings. The number of carbonyl (C=O) groups is 2. The van der Waals surface area contributed by atoms with Crippen molar-refractivity contribution in [3.05, 3.63) is 30.1 Å². The number of nitrogens with one attached hydrogen (secondary N) is 2. The number of hydrogen-bond donors (Lipinski definition) is 2. The topological polar surface area (TPSA) is 67.4 Å². The Labute approximate surface area is 117 Å². The summed E-state index contributed by atoms with van der Waals surface area (Å²) < 4.78 is 18.0. The summed E-state index contributed by atoms with van der Waals surface area (Å²) in [5.74, 6) is -1.04. The van der Waals surface area contributed by atoms with E-state index in [9.17, 15) is 14.0 Å². The Bertz CT molecular complexity index is 452. The van der Waals surface area contributed by atoms with Gasteiger partial charge in [0.25, 0.3) is 0 Å². The largest absolute Gasteiger partial charge is 0.466 e. The molecule has 0 unspecified atom stereocenters. The Kier molecular flexibility index (Phi) is 7.27. The highest BCUT2D eigenvalue weighted by Gasteiger charge is 2.06. The smallest absolute Gasteiger partial charge is 0.305 e. The minimum atomic E-state index is -0.469. The molecule has 5 nitrogen and oxygen atoms in total. The van der Waals surface area contributed by atoms with Gasteiger partial charge in [-0.3, -0.25) is 9.59 Å². The maximum absolute atomic E-state index is 13.3. The van der Waals surface area contributed by atoms with Gasteiger partial charge in [0.15, 0.2) is 0 Å². The molecule has 20 heavy (non-hydrogen) atoms. The van der Waals surface area contributed by atoms with E-state index in [0.717, 1.165) is 0 Å². The highest BCUT2D eigenvalue weighted by Crippen LogP contribution is 2.11. The van der Waals surface area contributed by atoms with E-state index >= 15 is 0 Å². The van der Waals surface area contributed by atoms with Crippen molar-refractivity contribution in [3.8, 4) is 0 Å². The van der Waals surface area contributed by atoms with Crippen LogP contribution in [0.1, 0.15) is 19.8 Å². The summed E-state index contributed by atoms with van der Waals surface area (Å²) >= 11 is 0. The first-order valence-corrected chi connectivity index (χ1v) is 6.54. The number of esters is 1. The molecular weight excluding hydrogens is 263 g/mol. The van der Waals surface area contributed by atoms with E-state index in [1.54, 1.807) is 19.1 Å². The lowest BCUT2D eigenvalue weighted by atomic mass is 10.3. The van der Waals surface area contributed by atoms with Crippen LogP contribution < -0.4 is 10.6 Å². The number of rotatable bonds is 8. The van der Waals surface area contributed by atoms with Gasteiger partial charge in [-0.1, -0.05) is 12.1 Å². The maximum atomic E-state index is 13.3. The van der Waals surface area contributed by atoms with Crippen LogP contribution in [0, 0.1) is 5.82 Å². The zero-order chi connectivity index (χ0) is 14.8. The summed E-state index contributed by atoms with van der Waals surface area (Å²) in [6.45, 7) is 2.71. The Morgan fingerprint density at radius 2 is 2.05 bits per heavy atom. The van der Waals surface area contributed by atoms with E-state index in [-0.39, 0.29) is 24.1 Å². The highest BCUT2D eigenvalue weighted by atomic mass is 19.1. The summed E-state index contributed by atoms with van der Waals surface area (Å²) in [6, 6.07) is 5.97. The minimum absolute atomic E-state index is 0.0666. The Balaban J connectivity index is 2.15. The van der Waals surface area contributed by atoms with Gasteiger partial charge in [0, 0.05) is 6.42 Å². The molecule has 1 rings (SSSR count). The second-order valence-electron chi connectivity index (χ2n) is 4.11. The number of amides is 1. The van der Waals surface area contributed by atoms with Crippen LogP contribution in [0.2, 0.25) is 0 Å². The fourth-order valence-electron chi connectivity index (χ4n) is 1.55. The number of hydrogen-bond acceptors (Lipinski definition) is 4. The van der Waals surface area contributed by atoms with Crippen LogP contribution in [-0.4, -0.2) is 31.6 Å². The van der Waals surface area contributed by atoms with E-state index in [1.165, 1.54) is 12.1 Å². The van der Waals surface area contributed by atoms with Crippen molar-refractivity contribution in [1.29, 1.82) is 0 Å². The summed E-state index contributed by atoms with van der Waals surface area (Å²) in [5, 5.41) is 5.34. The SMILES string of the molecule is CCOC(=O)CCCNCC(=O)Nc1ccccc1F. The monoisotopic (exact) mass is 282 g/mol. The second kappa shape index (κ2) is 9.03. The molecule has 0 heterocycles. The van der Waals surface area contributed by atoms with Crippen LogP contribution in [0.25, 0.3) is 0 Å². The number of benzene rings is 1. The fraction of sp³-hybridized carbons (Fsp3) is 0.429. The van der Waals surface area contributed by atoms with E-state index in [4.69, 9.17) is 4.74 Å². The molecule has 1 amide bonds. The van der Waals surface area contributed by atoms with E-state index in [1.807, 2.05) is 0 Å². The van der Waals surface area contributed by atoms with Crippen molar-refractivity contribution in [2.45, 2.75) is 19.8 Å². The van der Waals surface area contributed by atoms with Gasteiger partial charge in [-0.05, 0) is 32.0 Å². The predicted octanol–water partition coefficient (Wildman–Crippen LogP) is 1.70. The van der Waals surface area contributed by atoms with Gasteiger partial charge in [0.2, 0.25) is 5.91 Å². The van der Waals surface area contributed by atoms with Crippen molar-refractivity contribution < 1.29 is 18.7 Å². The first-order chi connectivity index (χ1) is 9.63. The normalized spacial score (nSPS) is 10.1. The molecule has 0 fully saturated rings. The van der Waals surface area contributed by atoms with Crippen LogP contribution in [0.5, 0.6) is 0 Å². The van der Waals surface area contributed by atoms with Gasteiger partial charge in [-0.2, -0.15) is 0 Å². The third-order valence-corrected chi connectivity index (χ3v) is 2.47. The molecule has 0 aliphatic heterocycles. The van der Waals surface area contributed by atoms with Crippen molar-refractivity contribution in [1.82, 2.24) is 5.32 Å². The van der Waals surface area contributed by atoms with E-state index < -0.39 is 5.82 Å². The van der Waals surface area contributed by atoms with Crippen LogP contribution in [0.15, 0.2) is 24.3 Å². The van der Waals surface area contributed by atoms with Crippen molar-refractivity contribution >= 4 is 17.6 Å². The summed E-state index contributed by atoms with van der Waals surface area (Å²) in [5.41, 5.74) is 0.158. The lowest BCUT2D eigenvalue weighted by Gasteiger charge is -2.07. The van der Waals surface area contributed by atoms with Gasteiger partial charge < -0.3 is 15.4 Å². The van der Waals surface area contributed by atoms with Crippen molar-refractivity contribution in [3.63, 3.8) is 0 Å². The number of carbonyl (C=O) groups excluding carboxylic acids is 2. The first kappa shape index (κ1) is 16.1. The molecule has 0 saturated carbocycles. The van der Waals surface area contributed by atoms with Gasteiger partial charge in [0.05, 0.1) is 18.8 Å². The molecule has 0 saturated heterocycles. The molecule has 0 bridgehead atoms. The predicted molar refractivity (Wildman–Crippen MR) is 73.8 cm³/mol. The van der Waals surface area contributed by atoms with Gasteiger partial charge in [-0.25, -0.2) is 4.39 Å². The lowest BCUT2D eigenvalue weighted by Crippen LogP contribution is -2.29.